The molecule has 0 radical (unpaired) electrons. The van der Waals surface area contributed by atoms with E-state index in [9.17, 15) is 27.2 Å². The molecule has 0 heterocycles. The van der Waals surface area contributed by atoms with Gasteiger partial charge in [0.25, 0.3) is 5.91 Å². The predicted molar refractivity (Wildman–Crippen MR) is 93.9 cm³/mol. The van der Waals surface area contributed by atoms with Gasteiger partial charge in [0, 0.05) is 20.6 Å². The van der Waals surface area contributed by atoms with Crippen molar-refractivity contribution in [2.45, 2.75) is 18.2 Å². The Morgan fingerprint density at radius 2 is 1.81 bits per heavy atom. The van der Waals surface area contributed by atoms with E-state index in [1.165, 1.54) is 14.1 Å². The molecule has 0 atom stereocenters. The van der Waals surface area contributed by atoms with Crippen LogP contribution in [-0.4, -0.2) is 64.3 Å². The Kier molecular flexibility index (Phi) is 8.32. The van der Waals surface area contributed by atoms with E-state index in [1.807, 2.05) is 6.92 Å². The van der Waals surface area contributed by atoms with Gasteiger partial charge in [0.1, 0.15) is 5.82 Å². The summed E-state index contributed by atoms with van der Waals surface area (Å²) in [6.07, 6.45) is 0.742. The highest BCUT2D eigenvalue weighted by atomic mass is 32.2. The van der Waals surface area contributed by atoms with Crippen molar-refractivity contribution in [2.24, 2.45) is 0 Å². The number of benzene rings is 1. The van der Waals surface area contributed by atoms with Crippen molar-refractivity contribution in [3.05, 3.63) is 29.6 Å². The van der Waals surface area contributed by atoms with Crippen LogP contribution in [0.3, 0.4) is 0 Å². The maximum Gasteiger partial charge on any atom is 0.341 e. The number of carbonyl (C=O) groups is 3. The van der Waals surface area contributed by atoms with Crippen molar-refractivity contribution in [3.8, 4) is 0 Å². The van der Waals surface area contributed by atoms with Gasteiger partial charge in [-0.3, -0.25) is 9.59 Å². The maximum absolute atomic E-state index is 13.8. The molecule has 0 spiro atoms. The number of carbonyl (C=O) groups excluding carboxylic acids is 3. The van der Waals surface area contributed by atoms with Gasteiger partial charge in [-0.2, -0.15) is 0 Å². The van der Waals surface area contributed by atoms with Gasteiger partial charge in [-0.15, -0.1) is 0 Å². The van der Waals surface area contributed by atoms with Gasteiger partial charge in [-0.25, -0.2) is 21.9 Å². The summed E-state index contributed by atoms with van der Waals surface area (Å²) >= 11 is 0. The fourth-order valence-corrected chi connectivity index (χ4v) is 2.73. The highest BCUT2D eigenvalue weighted by Gasteiger charge is 2.22. The molecule has 0 unspecified atom stereocenters. The van der Waals surface area contributed by atoms with E-state index in [1.54, 1.807) is 0 Å². The second kappa shape index (κ2) is 9.97. The van der Waals surface area contributed by atoms with E-state index in [0.717, 1.165) is 28.9 Å². The molecule has 1 aromatic carbocycles. The topological polar surface area (TPSA) is 122 Å². The predicted octanol–water partition coefficient (Wildman–Crippen LogP) is -0.125. The monoisotopic (exact) mass is 403 g/mol. The Morgan fingerprint density at radius 3 is 2.41 bits per heavy atom. The van der Waals surface area contributed by atoms with E-state index in [4.69, 9.17) is 0 Å². The van der Waals surface area contributed by atoms with Crippen LogP contribution in [0.4, 0.5) is 4.39 Å². The maximum atomic E-state index is 13.8. The molecule has 2 N–H and O–H groups in total. The zero-order valence-electron chi connectivity index (χ0n) is 15.2. The minimum atomic E-state index is -3.87. The van der Waals surface area contributed by atoms with Crippen molar-refractivity contribution in [1.82, 2.24) is 14.9 Å². The number of sulfonamides is 1. The molecule has 0 aliphatic rings. The van der Waals surface area contributed by atoms with Crippen LogP contribution < -0.4 is 10.6 Å². The number of ether oxygens (including phenoxy) is 1. The standard InChI is InChI=1S/C16H22FN3O6S/c1-4-7-18-14(21)9-19-15(22)10-26-16(23)12-8-11(5-6-13(12)17)27(24,25)20(2)3/h5-6,8H,4,7,9-10H2,1-3H3,(H,18,21)(H,19,22). The highest BCUT2D eigenvalue weighted by Crippen LogP contribution is 2.18. The molecule has 9 nitrogen and oxygen atoms in total. The van der Waals surface area contributed by atoms with Crippen LogP contribution in [0.1, 0.15) is 23.7 Å². The molecule has 0 aromatic heterocycles. The van der Waals surface area contributed by atoms with E-state index in [-0.39, 0.29) is 11.4 Å². The fraction of sp³-hybridized carbons (Fsp3) is 0.438. The SMILES string of the molecule is CCCNC(=O)CNC(=O)COC(=O)c1cc(S(=O)(=O)N(C)C)ccc1F. The molecular weight excluding hydrogens is 381 g/mol. The lowest BCUT2D eigenvalue weighted by atomic mass is 10.2. The van der Waals surface area contributed by atoms with E-state index >= 15 is 0 Å². The zero-order chi connectivity index (χ0) is 20.6. The second-order valence-corrected chi connectivity index (χ2v) is 7.78. The van der Waals surface area contributed by atoms with Gasteiger partial charge in [-0.1, -0.05) is 6.92 Å². The normalized spacial score (nSPS) is 11.1. The third-order valence-corrected chi connectivity index (χ3v) is 5.10. The summed E-state index contributed by atoms with van der Waals surface area (Å²) in [5.74, 6) is -3.34. The molecule has 0 bridgehead atoms. The number of nitrogens with zero attached hydrogens (tertiary/aromatic N) is 1. The van der Waals surface area contributed by atoms with Crippen LogP contribution in [0.25, 0.3) is 0 Å². The van der Waals surface area contributed by atoms with Gasteiger partial charge >= 0.3 is 5.97 Å². The summed E-state index contributed by atoms with van der Waals surface area (Å²) in [6.45, 7) is 1.30. The lowest BCUT2D eigenvalue weighted by Crippen LogP contribution is -2.39. The zero-order valence-corrected chi connectivity index (χ0v) is 16.1. The highest BCUT2D eigenvalue weighted by molar-refractivity contribution is 7.89. The molecule has 2 amide bonds. The molecule has 27 heavy (non-hydrogen) atoms. The van der Waals surface area contributed by atoms with Gasteiger partial charge in [0.15, 0.2) is 6.61 Å². The molecule has 0 aliphatic carbocycles. The number of amides is 2. The number of halogens is 1. The summed E-state index contributed by atoms with van der Waals surface area (Å²) in [5.41, 5.74) is -0.619. The molecular formula is C16H22FN3O6S. The molecule has 1 aromatic rings. The summed E-state index contributed by atoms with van der Waals surface area (Å²) in [7, 11) is -1.29. The van der Waals surface area contributed by atoms with E-state index in [0.29, 0.717) is 6.54 Å². The Hall–Kier alpha value is -2.53. The first-order valence-electron chi connectivity index (χ1n) is 8.02. The van der Waals surface area contributed by atoms with Crippen molar-refractivity contribution < 1.29 is 31.9 Å². The molecule has 0 saturated carbocycles. The van der Waals surface area contributed by atoms with Gasteiger partial charge in [0.2, 0.25) is 15.9 Å². The van der Waals surface area contributed by atoms with Crippen LogP contribution in [0.2, 0.25) is 0 Å². The molecule has 1 rings (SSSR count). The Balaban J connectivity index is 2.70. The summed E-state index contributed by atoms with van der Waals surface area (Å²) in [6, 6.07) is 2.68. The minimum Gasteiger partial charge on any atom is -0.452 e. The first-order valence-corrected chi connectivity index (χ1v) is 9.46. The number of esters is 1. The summed E-state index contributed by atoms with van der Waals surface area (Å²) in [4.78, 5) is 34.6. The Bertz CT molecular complexity index is 810. The first kappa shape index (κ1) is 22.5. The van der Waals surface area contributed by atoms with Crippen LogP contribution in [-0.2, 0) is 24.3 Å². The average Bonchev–Trinajstić information content (AvgIpc) is 2.62. The lowest BCUT2D eigenvalue weighted by molar-refractivity contribution is -0.127. The lowest BCUT2D eigenvalue weighted by Gasteiger charge is -2.12. The smallest absolute Gasteiger partial charge is 0.341 e. The van der Waals surface area contributed by atoms with Crippen molar-refractivity contribution in [3.63, 3.8) is 0 Å². The molecule has 0 saturated heterocycles. The largest absolute Gasteiger partial charge is 0.452 e. The average molecular weight is 403 g/mol. The van der Waals surface area contributed by atoms with Gasteiger partial charge in [0.05, 0.1) is 17.0 Å². The fourth-order valence-electron chi connectivity index (χ4n) is 1.80. The third kappa shape index (κ3) is 6.61. The molecule has 0 aliphatic heterocycles. The number of nitrogens with one attached hydrogen (secondary N) is 2. The molecule has 0 fully saturated rings. The number of hydrogen-bond donors (Lipinski definition) is 2. The van der Waals surface area contributed by atoms with Gasteiger partial charge in [-0.05, 0) is 24.6 Å². The number of rotatable bonds is 9. The van der Waals surface area contributed by atoms with E-state index < -0.39 is 45.8 Å². The third-order valence-electron chi connectivity index (χ3n) is 3.29. The van der Waals surface area contributed by atoms with Crippen LogP contribution in [0.5, 0.6) is 0 Å². The second-order valence-electron chi connectivity index (χ2n) is 5.63. The molecule has 150 valence electrons. The van der Waals surface area contributed by atoms with E-state index in [2.05, 4.69) is 15.4 Å². The van der Waals surface area contributed by atoms with Crippen molar-refractivity contribution in [1.29, 1.82) is 0 Å². The number of hydrogen-bond acceptors (Lipinski definition) is 6. The Labute approximate surface area is 156 Å². The van der Waals surface area contributed by atoms with Crippen molar-refractivity contribution in [2.75, 3.05) is 33.8 Å². The van der Waals surface area contributed by atoms with Crippen LogP contribution in [0, 0.1) is 5.82 Å². The summed E-state index contributed by atoms with van der Waals surface area (Å²) in [5, 5.41) is 4.78. The molecule has 11 heteroatoms. The minimum absolute atomic E-state index is 0.290. The summed E-state index contributed by atoms with van der Waals surface area (Å²) < 4.78 is 43.5. The quantitative estimate of drug-likeness (QED) is 0.554. The first-order chi connectivity index (χ1) is 12.6. The van der Waals surface area contributed by atoms with Crippen LogP contribution in [0.15, 0.2) is 23.1 Å². The van der Waals surface area contributed by atoms with Gasteiger partial charge < -0.3 is 15.4 Å². The Morgan fingerprint density at radius 1 is 1.15 bits per heavy atom. The van der Waals surface area contributed by atoms with Crippen LogP contribution >= 0.6 is 0 Å². The van der Waals surface area contributed by atoms with Crippen molar-refractivity contribution >= 4 is 27.8 Å².